The van der Waals surface area contributed by atoms with Crippen LogP contribution in [0.5, 0.6) is 0 Å². The van der Waals surface area contributed by atoms with Gasteiger partial charge in [-0.3, -0.25) is 0 Å². The van der Waals surface area contributed by atoms with E-state index in [1.807, 2.05) is 17.8 Å². The van der Waals surface area contributed by atoms with E-state index in [4.69, 9.17) is 0 Å². The van der Waals surface area contributed by atoms with Crippen molar-refractivity contribution >= 4 is 40.2 Å². The maximum Gasteiger partial charge on any atom is 0.0601 e. The number of rotatable bonds is 5. The highest BCUT2D eigenvalue weighted by Gasteiger charge is 2.24. The van der Waals surface area contributed by atoms with E-state index < -0.39 is 0 Å². The quantitative estimate of drug-likeness (QED) is 0.244. The highest BCUT2D eigenvalue weighted by molar-refractivity contribution is 7.99. The summed E-state index contributed by atoms with van der Waals surface area (Å²) in [6.45, 7) is 0. The van der Waals surface area contributed by atoms with E-state index in [1.54, 1.807) is 0 Å². The van der Waals surface area contributed by atoms with Crippen molar-refractivity contribution in [1.29, 1.82) is 0 Å². The van der Waals surface area contributed by atoms with Crippen molar-refractivity contribution in [2.75, 3.05) is 10.2 Å². The van der Waals surface area contributed by atoms with E-state index in [0.717, 1.165) is 17.1 Å². The summed E-state index contributed by atoms with van der Waals surface area (Å²) in [7, 11) is 0. The summed E-state index contributed by atoms with van der Waals surface area (Å²) in [5.74, 6) is 0. The summed E-state index contributed by atoms with van der Waals surface area (Å²) < 4.78 is 0. The van der Waals surface area contributed by atoms with Crippen LogP contribution in [0.1, 0.15) is 0 Å². The van der Waals surface area contributed by atoms with Crippen molar-refractivity contribution in [2.45, 2.75) is 9.79 Å². The molecule has 0 fully saturated rings. The second kappa shape index (κ2) is 10.2. The molecular weight excluding hydrogens is 492 g/mol. The first kappa shape index (κ1) is 23.4. The van der Waals surface area contributed by atoms with Gasteiger partial charge in [0.25, 0.3) is 0 Å². The normalized spacial score (nSPS) is 11.9. The number of hydrogen-bond donors (Lipinski definition) is 1. The monoisotopic (exact) mass is 518 g/mol. The lowest BCUT2D eigenvalue weighted by Gasteiger charge is -2.33. The number of para-hydroxylation sites is 2. The molecule has 0 aliphatic carbocycles. The number of benzene rings is 6. The summed E-state index contributed by atoms with van der Waals surface area (Å²) in [5.41, 5.74) is 10.6. The first-order valence-electron chi connectivity index (χ1n) is 13.1. The van der Waals surface area contributed by atoms with Crippen molar-refractivity contribution in [3.8, 4) is 22.3 Å². The predicted octanol–water partition coefficient (Wildman–Crippen LogP) is 10.7. The van der Waals surface area contributed by atoms with Crippen LogP contribution < -0.4 is 10.2 Å². The van der Waals surface area contributed by atoms with Gasteiger partial charge in [-0.15, -0.1) is 0 Å². The Morgan fingerprint density at radius 3 is 1.51 bits per heavy atom. The largest absolute Gasteiger partial charge is 0.356 e. The Kier molecular flexibility index (Phi) is 6.12. The minimum absolute atomic E-state index is 1.07. The van der Waals surface area contributed by atoms with Gasteiger partial charge in [0.15, 0.2) is 0 Å². The van der Waals surface area contributed by atoms with Crippen LogP contribution in [0.15, 0.2) is 161 Å². The van der Waals surface area contributed by atoms with Crippen LogP contribution in [0.3, 0.4) is 0 Å². The Labute approximate surface area is 233 Å². The first-order valence-corrected chi connectivity index (χ1v) is 13.9. The standard InChI is InChI=1S/C36H26N2S/c1-2-9-26(10-3-1)27-17-21-30(22-18-27)37-31-23-19-28(20-24-31)29-11-8-12-32(25-29)38-33-13-4-6-15-35(33)39-36-16-7-5-14-34(36)38/h1-25,37H. The van der Waals surface area contributed by atoms with Crippen LogP contribution in [-0.2, 0) is 0 Å². The molecular formula is C36H26N2S. The molecule has 0 saturated heterocycles. The number of fused-ring (bicyclic) bond motifs is 2. The first-order chi connectivity index (χ1) is 19.3. The molecule has 0 radical (unpaired) electrons. The number of anilines is 5. The van der Waals surface area contributed by atoms with Crippen LogP contribution in [0, 0.1) is 0 Å². The van der Waals surface area contributed by atoms with Gasteiger partial charge in [-0.2, -0.15) is 0 Å². The van der Waals surface area contributed by atoms with Gasteiger partial charge < -0.3 is 10.2 Å². The van der Waals surface area contributed by atoms with E-state index in [0.29, 0.717) is 0 Å². The van der Waals surface area contributed by atoms with E-state index >= 15 is 0 Å². The molecule has 1 aliphatic heterocycles. The molecule has 2 nitrogen and oxygen atoms in total. The third kappa shape index (κ3) is 4.69. The van der Waals surface area contributed by atoms with Crippen molar-refractivity contribution in [3.05, 3.63) is 152 Å². The molecule has 39 heavy (non-hydrogen) atoms. The third-order valence-corrected chi connectivity index (χ3v) is 8.17. The number of nitrogens with one attached hydrogen (secondary N) is 1. The molecule has 6 aromatic carbocycles. The molecule has 6 aromatic rings. The fraction of sp³-hybridized carbons (Fsp3) is 0. The zero-order chi connectivity index (χ0) is 26.0. The average Bonchev–Trinajstić information content (AvgIpc) is 3.01. The number of hydrogen-bond acceptors (Lipinski definition) is 3. The van der Waals surface area contributed by atoms with Gasteiger partial charge in [-0.1, -0.05) is 103 Å². The maximum absolute atomic E-state index is 3.54. The third-order valence-electron chi connectivity index (χ3n) is 7.04. The highest BCUT2D eigenvalue weighted by atomic mass is 32.2. The zero-order valence-electron chi connectivity index (χ0n) is 21.3. The molecule has 1 heterocycles. The SMILES string of the molecule is c1ccc(-c2ccc(Nc3ccc(-c4cccc(N5c6ccccc6Sc6ccccc65)c4)cc3)cc2)cc1. The molecule has 0 aromatic heterocycles. The molecule has 0 bridgehead atoms. The summed E-state index contributed by atoms with van der Waals surface area (Å²) in [6.07, 6.45) is 0. The Bertz CT molecular complexity index is 1700. The molecule has 0 saturated carbocycles. The van der Waals surface area contributed by atoms with Gasteiger partial charge in [0, 0.05) is 26.9 Å². The van der Waals surface area contributed by atoms with Gasteiger partial charge in [-0.05, 0) is 82.9 Å². The Morgan fingerprint density at radius 1 is 0.410 bits per heavy atom. The topological polar surface area (TPSA) is 15.3 Å². The second-order valence-corrected chi connectivity index (χ2v) is 10.7. The van der Waals surface area contributed by atoms with Gasteiger partial charge in [0.05, 0.1) is 11.4 Å². The van der Waals surface area contributed by atoms with Gasteiger partial charge in [-0.25, -0.2) is 0 Å². The van der Waals surface area contributed by atoms with Crippen molar-refractivity contribution in [3.63, 3.8) is 0 Å². The smallest absolute Gasteiger partial charge is 0.0601 e. The second-order valence-electron chi connectivity index (χ2n) is 9.57. The minimum Gasteiger partial charge on any atom is -0.356 e. The predicted molar refractivity (Wildman–Crippen MR) is 166 cm³/mol. The fourth-order valence-electron chi connectivity index (χ4n) is 5.10. The zero-order valence-corrected chi connectivity index (χ0v) is 22.1. The fourth-order valence-corrected chi connectivity index (χ4v) is 6.15. The van der Waals surface area contributed by atoms with Gasteiger partial charge in [0.1, 0.15) is 0 Å². The lowest BCUT2D eigenvalue weighted by Crippen LogP contribution is -2.14. The van der Waals surface area contributed by atoms with Crippen LogP contribution >= 0.6 is 11.8 Å². The lowest BCUT2D eigenvalue weighted by molar-refractivity contribution is 1.17. The molecule has 186 valence electrons. The minimum atomic E-state index is 1.07. The van der Waals surface area contributed by atoms with Crippen LogP contribution in [0.4, 0.5) is 28.4 Å². The van der Waals surface area contributed by atoms with Crippen LogP contribution in [-0.4, -0.2) is 0 Å². The van der Waals surface area contributed by atoms with Crippen molar-refractivity contribution in [1.82, 2.24) is 0 Å². The molecule has 0 atom stereocenters. The van der Waals surface area contributed by atoms with Gasteiger partial charge in [0.2, 0.25) is 0 Å². The molecule has 1 N–H and O–H groups in total. The molecule has 0 unspecified atom stereocenters. The van der Waals surface area contributed by atoms with E-state index in [2.05, 4.69) is 156 Å². The highest BCUT2D eigenvalue weighted by Crippen LogP contribution is 2.51. The molecule has 0 spiro atoms. The van der Waals surface area contributed by atoms with Crippen LogP contribution in [0.2, 0.25) is 0 Å². The molecule has 1 aliphatic rings. The van der Waals surface area contributed by atoms with Gasteiger partial charge >= 0.3 is 0 Å². The summed E-state index contributed by atoms with van der Waals surface area (Å²) >= 11 is 1.83. The molecule has 7 rings (SSSR count). The lowest BCUT2D eigenvalue weighted by atomic mass is 10.0. The Morgan fingerprint density at radius 2 is 0.897 bits per heavy atom. The molecule has 0 amide bonds. The maximum atomic E-state index is 3.54. The number of nitrogens with zero attached hydrogens (tertiary/aromatic N) is 1. The van der Waals surface area contributed by atoms with Crippen LogP contribution in [0.25, 0.3) is 22.3 Å². The van der Waals surface area contributed by atoms with Crippen molar-refractivity contribution in [2.24, 2.45) is 0 Å². The average molecular weight is 519 g/mol. The van der Waals surface area contributed by atoms with E-state index in [1.165, 1.54) is 43.4 Å². The Hall–Kier alpha value is -4.73. The molecule has 3 heteroatoms. The summed E-state index contributed by atoms with van der Waals surface area (Å²) in [5, 5.41) is 3.54. The van der Waals surface area contributed by atoms with E-state index in [9.17, 15) is 0 Å². The van der Waals surface area contributed by atoms with E-state index in [-0.39, 0.29) is 0 Å². The summed E-state index contributed by atoms with van der Waals surface area (Å²) in [6, 6.07) is 53.8. The Balaban J connectivity index is 1.14. The summed E-state index contributed by atoms with van der Waals surface area (Å²) in [4.78, 5) is 4.92. The van der Waals surface area contributed by atoms with Crippen molar-refractivity contribution < 1.29 is 0 Å².